The van der Waals surface area contributed by atoms with Gasteiger partial charge in [-0.3, -0.25) is 0 Å². The quantitative estimate of drug-likeness (QED) is 0.677. The number of hydrogen-bond donors (Lipinski definition) is 3. The molecule has 0 spiro atoms. The van der Waals surface area contributed by atoms with Crippen LogP contribution < -0.4 is 5.32 Å². The average molecular weight is 231 g/mol. The molecule has 1 aromatic carbocycles. The standard InChI is InChI=1S/C11H15F2NO2/c12-11(13,8-16)10(7-15)14-6-9-4-2-1-3-5-9/h1-5,10,14-16H,6-8H2. The fraction of sp³-hybridized carbons (Fsp3) is 0.455. The minimum absolute atomic E-state index is 0.224. The highest BCUT2D eigenvalue weighted by molar-refractivity contribution is 5.14. The van der Waals surface area contributed by atoms with Crippen LogP contribution in [0.5, 0.6) is 0 Å². The van der Waals surface area contributed by atoms with Crippen LogP contribution in [0, 0.1) is 0 Å². The third-order valence-corrected chi connectivity index (χ3v) is 2.30. The summed E-state index contributed by atoms with van der Waals surface area (Å²) in [4.78, 5) is 0. The normalized spacial score (nSPS) is 13.8. The van der Waals surface area contributed by atoms with Crippen LogP contribution in [-0.2, 0) is 6.54 Å². The van der Waals surface area contributed by atoms with Crippen molar-refractivity contribution < 1.29 is 19.0 Å². The molecule has 0 saturated heterocycles. The monoisotopic (exact) mass is 231 g/mol. The zero-order valence-corrected chi connectivity index (χ0v) is 8.74. The summed E-state index contributed by atoms with van der Waals surface area (Å²) >= 11 is 0. The van der Waals surface area contributed by atoms with Crippen molar-refractivity contribution in [2.24, 2.45) is 0 Å². The average Bonchev–Trinajstić information content (AvgIpc) is 2.31. The second-order valence-electron chi connectivity index (χ2n) is 3.52. The predicted octanol–water partition coefficient (Wildman–Crippen LogP) is 0.765. The molecule has 0 saturated carbocycles. The van der Waals surface area contributed by atoms with Gasteiger partial charge < -0.3 is 15.5 Å². The molecule has 0 fully saturated rings. The fourth-order valence-electron chi connectivity index (χ4n) is 1.29. The molecule has 90 valence electrons. The molecule has 0 heterocycles. The van der Waals surface area contributed by atoms with Crippen LogP contribution in [0.3, 0.4) is 0 Å². The lowest BCUT2D eigenvalue weighted by Gasteiger charge is -2.24. The van der Waals surface area contributed by atoms with Crippen LogP contribution in [0.25, 0.3) is 0 Å². The van der Waals surface area contributed by atoms with Crippen molar-refractivity contribution >= 4 is 0 Å². The van der Waals surface area contributed by atoms with Gasteiger partial charge in [0, 0.05) is 6.54 Å². The minimum atomic E-state index is -3.32. The summed E-state index contributed by atoms with van der Waals surface area (Å²) in [5.74, 6) is -3.32. The molecule has 3 N–H and O–H groups in total. The zero-order chi connectivity index (χ0) is 12.0. The van der Waals surface area contributed by atoms with E-state index in [1.54, 1.807) is 24.3 Å². The van der Waals surface area contributed by atoms with Gasteiger partial charge in [0.2, 0.25) is 0 Å². The maximum absolute atomic E-state index is 13.0. The maximum atomic E-state index is 13.0. The van der Waals surface area contributed by atoms with Gasteiger partial charge in [-0.2, -0.15) is 0 Å². The highest BCUT2D eigenvalue weighted by Gasteiger charge is 2.38. The molecule has 0 aromatic heterocycles. The van der Waals surface area contributed by atoms with Gasteiger partial charge in [-0.25, -0.2) is 8.78 Å². The van der Waals surface area contributed by atoms with Crippen molar-refractivity contribution in [2.45, 2.75) is 18.5 Å². The Balaban J connectivity index is 2.53. The molecule has 0 bridgehead atoms. The zero-order valence-electron chi connectivity index (χ0n) is 8.74. The molecule has 3 nitrogen and oxygen atoms in total. The first-order chi connectivity index (χ1) is 7.60. The van der Waals surface area contributed by atoms with E-state index in [0.717, 1.165) is 5.56 Å². The SMILES string of the molecule is OCC(NCc1ccccc1)C(F)(F)CO. The molecule has 5 heteroatoms. The van der Waals surface area contributed by atoms with Crippen LogP contribution >= 0.6 is 0 Å². The third-order valence-electron chi connectivity index (χ3n) is 2.30. The van der Waals surface area contributed by atoms with Crippen molar-refractivity contribution in [1.82, 2.24) is 5.32 Å². The molecule has 0 aliphatic rings. The number of nitrogens with one attached hydrogen (secondary N) is 1. The number of alkyl halides is 2. The lowest BCUT2D eigenvalue weighted by atomic mass is 10.1. The van der Waals surface area contributed by atoms with Gasteiger partial charge in [-0.05, 0) is 5.56 Å². The van der Waals surface area contributed by atoms with E-state index in [-0.39, 0.29) is 6.54 Å². The van der Waals surface area contributed by atoms with E-state index >= 15 is 0 Å². The molecule has 0 aliphatic heterocycles. The Morgan fingerprint density at radius 1 is 1.19 bits per heavy atom. The number of rotatable bonds is 6. The second-order valence-corrected chi connectivity index (χ2v) is 3.52. The van der Waals surface area contributed by atoms with Gasteiger partial charge in [-0.15, -0.1) is 0 Å². The number of aliphatic hydroxyl groups is 2. The number of aliphatic hydroxyl groups excluding tert-OH is 2. The van der Waals surface area contributed by atoms with E-state index in [1.165, 1.54) is 0 Å². The van der Waals surface area contributed by atoms with Crippen LogP contribution in [0.4, 0.5) is 8.78 Å². The number of benzene rings is 1. The molecule has 0 amide bonds. The van der Waals surface area contributed by atoms with E-state index in [9.17, 15) is 8.78 Å². The highest BCUT2D eigenvalue weighted by Crippen LogP contribution is 2.17. The topological polar surface area (TPSA) is 52.5 Å². The summed E-state index contributed by atoms with van der Waals surface area (Å²) < 4.78 is 26.1. The Kier molecular flexibility index (Phi) is 4.79. The van der Waals surface area contributed by atoms with E-state index in [1.807, 2.05) is 6.07 Å². The molecule has 1 atom stereocenters. The van der Waals surface area contributed by atoms with Crippen LogP contribution in [-0.4, -0.2) is 35.4 Å². The van der Waals surface area contributed by atoms with Crippen molar-refractivity contribution in [1.29, 1.82) is 0 Å². The Hall–Kier alpha value is -1.04. The lowest BCUT2D eigenvalue weighted by molar-refractivity contribution is -0.0910. The summed E-state index contributed by atoms with van der Waals surface area (Å²) in [6.45, 7) is -1.78. The van der Waals surface area contributed by atoms with Gasteiger partial charge in [0.15, 0.2) is 0 Å². The first-order valence-electron chi connectivity index (χ1n) is 4.97. The molecular weight excluding hydrogens is 216 g/mol. The van der Waals surface area contributed by atoms with Crippen LogP contribution in [0.15, 0.2) is 30.3 Å². The summed E-state index contributed by atoms with van der Waals surface area (Å²) in [6, 6.07) is 7.58. The van der Waals surface area contributed by atoms with Gasteiger partial charge in [0.05, 0.1) is 12.6 Å². The molecule has 1 rings (SSSR count). The Morgan fingerprint density at radius 2 is 1.81 bits per heavy atom. The van der Waals surface area contributed by atoms with Crippen molar-refractivity contribution in [3.05, 3.63) is 35.9 Å². The minimum Gasteiger partial charge on any atom is -0.395 e. The molecule has 0 aliphatic carbocycles. The van der Waals surface area contributed by atoms with Crippen molar-refractivity contribution in [2.75, 3.05) is 13.2 Å². The van der Waals surface area contributed by atoms with E-state index in [2.05, 4.69) is 5.32 Å². The Labute approximate surface area is 92.7 Å². The molecule has 0 radical (unpaired) electrons. The summed E-state index contributed by atoms with van der Waals surface area (Å²) in [7, 11) is 0. The highest BCUT2D eigenvalue weighted by atomic mass is 19.3. The van der Waals surface area contributed by atoms with Gasteiger partial charge in [0.25, 0.3) is 5.92 Å². The predicted molar refractivity (Wildman–Crippen MR) is 56.2 cm³/mol. The molecule has 1 unspecified atom stereocenters. The summed E-state index contributed by atoms with van der Waals surface area (Å²) in [5.41, 5.74) is 0.842. The van der Waals surface area contributed by atoms with Crippen molar-refractivity contribution in [3.63, 3.8) is 0 Å². The van der Waals surface area contributed by atoms with Gasteiger partial charge in [0.1, 0.15) is 6.61 Å². The van der Waals surface area contributed by atoms with Crippen LogP contribution in [0.1, 0.15) is 5.56 Å². The molecule has 1 aromatic rings. The van der Waals surface area contributed by atoms with E-state index in [4.69, 9.17) is 10.2 Å². The lowest BCUT2D eigenvalue weighted by Crippen LogP contribution is -2.49. The second kappa shape index (κ2) is 5.89. The van der Waals surface area contributed by atoms with E-state index in [0.29, 0.717) is 0 Å². The number of hydrogen-bond acceptors (Lipinski definition) is 3. The summed E-state index contributed by atoms with van der Waals surface area (Å²) in [5, 5.41) is 19.8. The Morgan fingerprint density at radius 3 is 2.31 bits per heavy atom. The molecular formula is C11H15F2NO2. The number of halogens is 2. The van der Waals surface area contributed by atoms with Gasteiger partial charge in [-0.1, -0.05) is 30.3 Å². The van der Waals surface area contributed by atoms with Crippen molar-refractivity contribution in [3.8, 4) is 0 Å². The third kappa shape index (κ3) is 3.52. The molecule has 16 heavy (non-hydrogen) atoms. The Bertz CT molecular complexity index is 306. The summed E-state index contributed by atoms with van der Waals surface area (Å²) in [6.07, 6.45) is 0. The smallest absolute Gasteiger partial charge is 0.287 e. The largest absolute Gasteiger partial charge is 0.395 e. The van der Waals surface area contributed by atoms with E-state index < -0.39 is 25.2 Å². The first kappa shape index (κ1) is 13.0. The fourth-order valence-corrected chi connectivity index (χ4v) is 1.29. The van der Waals surface area contributed by atoms with Gasteiger partial charge >= 0.3 is 0 Å². The maximum Gasteiger partial charge on any atom is 0.287 e. The first-order valence-corrected chi connectivity index (χ1v) is 4.97. The van der Waals surface area contributed by atoms with Crippen LogP contribution in [0.2, 0.25) is 0 Å².